The molecule has 19 heavy (non-hydrogen) atoms. The van der Waals surface area contributed by atoms with Crippen LogP contribution < -0.4 is 4.72 Å². The number of carboxylic acids is 1. The summed E-state index contributed by atoms with van der Waals surface area (Å²) >= 11 is 0. The summed E-state index contributed by atoms with van der Waals surface area (Å²) in [5.41, 5.74) is 1.23. The second-order valence-electron chi connectivity index (χ2n) is 4.37. The monoisotopic (exact) mass is 283 g/mol. The van der Waals surface area contributed by atoms with Gasteiger partial charge in [0, 0.05) is 6.54 Å². The number of carboxylic acid groups (broad SMARTS) is 1. The summed E-state index contributed by atoms with van der Waals surface area (Å²) in [5.74, 6) is -1.14. The van der Waals surface area contributed by atoms with Crippen molar-refractivity contribution < 1.29 is 18.3 Å². The van der Waals surface area contributed by atoms with E-state index in [1.165, 1.54) is 25.1 Å². The van der Waals surface area contributed by atoms with Crippen LogP contribution in [0.5, 0.6) is 0 Å². The van der Waals surface area contributed by atoms with Crippen molar-refractivity contribution in [3.05, 3.63) is 41.0 Å². The summed E-state index contributed by atoms with van der Waals surface area (Å²) in [6, 6.07) is 4.20. The Labute approximate surface area is 113 Å². The van der Waals surface area contributed by atoms with Crippen molar-refractivity contribution in [3.63, 3.8) is 0 Å². The first-order valence-corrected chi connectivity index (χ1v) is 7.20. The zero-order chi connectivity index (χ0) is 14.6. The Morgan fingerprint density at radius 2 is 2.00 bits per heavy atom. The van der Waals surface area contributed by atoms with Gasteiger partial charge in [-0.3, -0.25) is 0 Å². The first-order chi connectivity index (χ1) is 8.75. The highest BCUT2D eigenvalue weighted by Gasteiger charge is 2.19. The van der Waals surface area contributed by atoms with Crippen molar-refractivity contribution in [2.75, 3.05) is 6.54 Å². The van der Waals surface area contributed by atoms with Crippen LogP contribution in [0.3, 0.4) is 0 Å². The number of carbonyl (C=O) groups is 1. The van der Waals surface area contributed by atoms with Crippen LogP contribution in [0.4, 0.5) is 0 Å². The molecule has 1 aromatic carbocycles. The van der Waals surface area contributed by atoms with Crippen molar-refractivity contribution in [1.29, 1.82) is 0 Å². The van der Waals surface area contributed by atoms with Crippen molar-refractivity contribution >= 4 is 16.0 Å². The second kappa shape index (κ2) is 5.99. The van der Waals surface area contributed by atoms with Gasteiger partial charge in [-0.15, -0.1) is 0 Å². The lowest BCUT2D eigenvalue weighted by molar-refractivity contribution is 0.0696. The molecule has 0 heterocycles. The molecule has 0 unspecified atom stereocenters. The maximum Gasteiger partial charge on any atom is 0.335 e. The van der Waals surface area contributed by atoms with E-state index in [2.05, 4.69) is 4.72 Å². The summed E-state index contributed by atoms with van der Waals surface area (Å²) in [6.07, 6.45) is 1.74. The second-order valence-corrected chi connectivity index (χ2v) is 6.10. The minimum Gasteiger partial charge on any atom is -0.478 e. The summed E-state index contributed by atoms with van der Waals surface area (Å²) in [6.45, 7) is 5.40. The third-order valence-electron chi connectivity index (χ3n) is 2.59. The minimum atomic E-state index is -3.70. The van der Waals surface area contributed by atoms with Gasteiger partial charge in [-0.2, -0.15) is 0 Å². The zero-order valence-corrected chi connectivity index (χ0v) is 11.9. The number of aromatic carboxylic acids is 1. The van der Waals surface area contributed by atoms with E-state index >= 15 is 0 Å². The number of hydrogen-bond acceptors (Lipinski definition) is 3. The molecule has 0 bridgehead atoms. The predicted octanol–water partition coefficient (Wildman–Crippen LogP) is 1.94. The van der Waals surface area contributed by atoms with Crippen LogP contribution in [0, 0.1) is 6.92 Å². The molecule has 0 radical (unpaired) electrons. The van der Waals surface area contributed by atoms with E-state index in [-0.39, 0.29) is 22.6 Å². The predicted molar refractivity (Wildman–Crippen MR) is 72.8 cm³/mol. The largest absolute Gasteiger partial charge is 0.478 e. The fourth-order valence-electron chi connectivity index (χ4n) is 1.57. The molecule has 0 spiro atoms. The van der Waals surface area contributed by atoms with Gasteiger partial charge in [0.05, 0.1) is 10.5 Å². The fraction of sp³-hybridized carbons (Fsp3) is 0.308. The van der Waals surface area contributed by atoms with Crippen LogP contribution in [0.1, 0.15) is 29.8 Å². The van der Waals surface area contributed by atoms with Gasteiger partial charge in [-0.1, -0.05) is 17.7 Å². The van der Waals surface area contributed by atoms with Gasteiger partial charge < -0.3 is 5.11 Å². The normalized spacial score (nSPS) is 11.1. The summed E-state index contributed by atoms with van der Waals surface area (Å²) < 4.78 is 26.6. The van der Waals surface area contributed by atoms with Crippen LogP contribution in [-0.4, -0.2) is 26.0 Å². The molecule has 0 aliphatic heterocycles. The van der Waals surface area contributed by atoms with Gasteiger partial charge >= 0.3 is 5.97 Å². The SMILES string of the molecule is CC(C)=CCNS(=O)(=O)c1cccc(C(=O)O)c1C. The minimum absolute atomic E-state index is 0.00504. The maximum absolute atomic E-state index is 12.1. The third kappa shape index (κ3) is 3.90. The molecule has 0 atom stereocenters. The van der Waals surface area contributed by atoms with Crippen LogP contribution in [0.15, 0.2) is 34.7 Å². The van der Waals surface area contributed by atoms with Crippen molar-refractivity contribution in [3.8, 4) is 0 Å². The average Bonchev–Trinajstić information content (AvgIpc) is 2.27. The van der Waals surface area contributed by atoms with E-state index in [1.54, 1.807) is 6.08 Å². The zero-order valence-electron chi connectivity index (χ0n) is 11.1. The number of allylic oxidation sites excluding steroid dienone is 1. The van der Waals surface area contributed by atoms with Crippen molar-refractivity contribution in [2.24, 2.45) is 0 Å². The highest BCUT2D eigenvalue weighted by molar-refractivity contribution is 7.89. The average molecular weight is 283 g/mol. The molecule has 0 aliphatic carbocycles. The summed E-state index contributed by atoms with van der Waals surface area (Å²) in [5, 5.41) is 8.98. The molecule has 0 amide bonds. The molecule has 5 nitrogen and oxygen atoms in total. The Bertz CT molecular complexity index is 614. The molecule has 2 N–H and O–H groups in total. The summed E-state index contributed by atoms with van der Waals surface area (Å²) in [4.78, 5) is 11.0. The smallest absolute Gasteiger partial charge is 0.335 e. The molecule has 1 rings (SSSR count). The molecule has 0 saturated carbocycles. The molecule has 0 aromatic heterocycles. The van der Waals surface area contributed by atoms with Crippen molar-refractivity contribution in [1.82, 2.24) is 4.72 Å². The van der Waals surface area contributed by atoms with E-state index in [9.17, 15) is 13.2 Å². The lowest BCUT2D eigenvalue weighted by atomic mass is 10.1. The fourth-order valence-corrected chi connectivity index (χ4v) is 2.80. The number of nitrogens with one attached hydrogen (secondary N) is 1. The molecule has 0 fully saturated rings. The molecular weight excluding hydrogens is 266 g/mol. The van der Waals surface area contributed by atoms with Crippen LogP contribution in [0.25, 0.3) is 0 Å². The number of benzene rings is 1. The van der Waals surface area contributed by atoms with Gasteiger partial charge in [0.15, 0.2) is 0 Å². The van der Waals surface area contributed by atoms with Crippen LogP contribution in [0.2, 0.25) is 0 Å². The Morgan fingerprint density at radius 3 is 2.53 bits per heavy atom. The Balaban J connectivity index is 3.12. The molecule has 6 heteroatoms. The lowest BCUT2D eigenvalue weighted by Gasteiger charge is -2.10. The first kappa shape index (κ1) is 15.4. The van der Waals surface area contributed by atoms with Crippen LogP contribution >= 0.6 is 0 Å². The molecular formula is C13H17NO4S. The lowest BCUT2D eigenvalue weighted by Crippen LogP contribution is -2.25. The van der Waals surface area contributed by atoms with Gasteiger partial charge in [0.1, 0.15) is 0 Å². The van der Waals surface area contributed by atoms with E-state index in [4.69, 9.17) is 5.11 Å². The third-order valence-corrected chi connectivity index (χ3v) is 4.16. The Hall–Kier alpha value is -1.66. The van der Waals surface area contributed by atoms with E-state index in [1.807, 2.05) is 13.8 Å². The molecule has 0 saturated heterocycles. The number of hydrogen-bond donors (Lipinski definition) is 2. The van der Waals surface area contributed by atoms with Gasteiger partial charge in [0.25, 0.3) is 0 Å². The van der Waals surface area contributed by atoms with Crippen LogP contribution in [-0.2, 0) is 10.0 Å². The highest BCUT2D eigenvalue weighted by Crippen LogP contribution is 2.18. The maximum atomic E-state index is 12.1. The quantitative estimate of drug-likeness (QED) is 0.809. The number of rotatable bonds is 5. The van der Waals surface area contributed by atoms with Crippen molar-refractivity contribution in [2.45, 2.75) is 25.7 Å². The van der Waals surface area contributed by atoms with E-state index < -0.39 is 16.0 Å². The topological polar surface area (TPSA) is 83.5 Å². The molecule has 1 aromatic rings. The molecule has 0 aliphatic rings. The van der Waals surface area contributed by atoms with E-state index in [0.717, 1.165) is 5.57 Å². The van der Waals surface area contributed by atoms with E-state index in [0.29, 0.717) is 0 Å². The van der Waals surface area contributed by atoms with Gasteiger partial charge in [0.2, 0.25) is 10.0 Å². The van der Waals surface area contributed by atoms with Gasteiger partial charge in [-0.05, 0) is 38.5 Å². The highest BCUT2D eigenvalue weighted by atomic mass is 32.2. The number of sulfonamides is 1. The summed E-state index contributed by atoms with van der Waals surface area (Å²) in [7, 11) is -3.70. The Kier molecular flexibility index (Phi) is 4.85. The van der Waals surface area contributed by atoms with Gasteiger partial charge in [-0.25, -0.2) is 17.9 Å². The Morgan fingerprint density at radius 1 is 1.37 bits per heavy atom. The first-order valence-electron chi connectivity index (χ1n) is 5.71. The molecule has 104 valence electrons. The standard InChI is InChI=1S/C13H17NO4S/c1-9(2)7-8-14-19(17,18)12-6-4-5-11(10(12)3)13(15)16/h4-7,14H,8H2,1-3H3,(H,15,16).